The number of hydrogen-bond donors (Lipinski definition) is 0. The fraction of sp³-hybridized carbons (Fsp3) is 0. The molecule has 56 heavy (non-hydrogen) atoms. The van der Waals surface area contributed by atoms with Gasteiger partial charge in [0.1, 0.15) is 0 Å². The summed E-state index contributed by atoms with van der Waals surface area (Å²) in [6, 6.07) is 68.9. The first-order chi connectivity index (χ1) is 29.5. The minimum Gasteiger partial charge on any atom is -0.310 e. The van der Waals surface area contributed by atoms with Crippen molar-refractivity contribution < 1.29 is 5.48 Å². The summed E-state index contributed by atoms with van der Waals surface area (Å²) in [5.41, 5.74) is 11.9. The third-order valence-electron chi connectivity index (χ3n) is 10.5. The zero-order valence-corrected chi connectivity index (χ0v) is 30.5. The van der Waals surface area contributed by atoms with Crippen LogP contribution in [0.5, 0.6) is 0 Å². The van der Waals surface area contributed by atoms with E-state index in [1.807, 2.05) is 126 Å². The largest absolute Gasteiger partial charge is 0.310 e. The van der Waals surface area contributed by atoms with Crippen molar-refractivity contribution >= 4 is 38.9 Å². The molecule has 1 aromatic heterocycles. The quantitative estimate of drug-likeness (QED) is 0.152. The van der Waals surface area contributed by atoms with Crippen LogP contribution in [0.15, 0.2) is 230 Å². The Morgan fingerprint density at radius 3 is 1.59 bits per heavy atom. The fourth-order valence-electron chi connectivity index (χ4n) is 7.78. The van der Waals surface area contributed by atoms with E-state index in [1.165, 1.54) is 0 Å². The van der Waals surface area contributed by atoms with Crippen molar-refractivity contribution in [1.82, 2.24) is 4.57 Å². The van der Waals surface area contributed by atoms with Gasteiger partial charge < -0.3 is 9.47 Å². The van der Waals surface area contributed by atoms with Gasteiger partial charge in [-0.05, 0) is 99.6 Å². The SMILES string of the molecule is [2H]c1c([2H])c(N(c2ccc(-c3ccccc3)cc2)c2cccc(-c3ccccc3)c2)c([2H])c([2H])c1-c1ccc2c(c1)c1ccccc1n2-c1ccccc1-c1ccccc1. The van der Waals surface area contributed by atoms with Crippen molar-refractivity contribution in [3.05, 3.63) is 230 Å². The molecule has 264 valence electrons. The minimum atomic E-state index is -0.123. The van der Waals surface area contributed by atoms with Gasteiger partial charge in [-0.1, -0.05) is 170 Å². The van der Waals surface area contributed by atoms with Gasteiger partial charge >= 0.3 is 0 Å². The van der Waals surface area contributed by atoms with Gasteiger partial charge in [-0.15, -0.1) is 0 Å². The molecule has 9 aromatic carbocycles. The van der Waals surface area contributed by atoms with Crippen LogP contribution >= 0.6 is 0 Å². The van der Waals surface area contributed by atoms with Crippen molar-refractivity contribution in [3.63, 3.8) is 0 Å². The van der Waals surface area contributed by atoms with Crippen LogP contribution in [0.3, 0.4) is 0 Å². The molecule has 0 amide bonds. The van der Waals surface area contributed by atoms with Gasteiger partial charge in [0.2, 0.25) is 0 Å². The van der Waals surface area contributed by atoms with Crippen molar-refractivity contribution in [2.45, 2.75) is 0 Å². The van der Waals surface area contributed by atoms with Crippen molar-refractivity contribution in [1.29, 1.82) is 0 Å². The van der Waals surface area contributed by atoms with Crippen LogP contribution in [0.2, 0.25) is 0 Å². The van der Waals surface area contributed by atoms with Crippen LogP contribution in [-0.4, -0.2) is 4.57 Å². The van der Waals surface area contributed by atoms with E-state index in [0.717, 1.165) is 72.2 Å². The van der Waals surface area contributed by atoms with E-state index in [0.29, 0.717) is 5.56 Å². The third-order valence-corrected chi connectivity index (χ3v) is 10.5. The standard InChI is InChI=1S/C54H38N2/c1-4-15-39(16-5-1)41-27-32-46(33-28-41)55(48-22-14-21-44(37-48)40-17-6-2-7-18-40)47-34-29-42(30-35-47)45-31-36-54-51(38-45)50-24-11-13-26-53(50)56(54)52-25-12-10-23-49(52)43-19-8-3-9-20-43/h1-38H/i29D,30D,34D,35D. The van der Waals surface area contributed by atoms with E-state index in [2.05, 4.69) is 89.5 Å². The van der Waals surface area contributed by atoms with Gasteiger partial charge in [0.15, 0.2) is 0 Å². The molecule has 0 spiro atoms. The van der Waals surface area contributed by atoms with Crippen LogP contribution in [0.4, 0.5) is 17.1 Å². The summed E-state index contributed by atoms with van der Waals surface area (Å²) >= 11 is 0. The van der Waals surface area contributed by atoms with Crippen LogP contribution in [0.1, 0.15) is 5.48 Å². The molecule has 2 heteroatoms. The smallest absolute Gasteiger partial charge is 0.0645 e. The molecule has 0 N–H and O–H groups in total. The van der Waals surface area contributed by atoms with Crippen LogP contribution < -0.4 is 4.90 Å². The molecular formula is C54H38N2. The molecule has 10 aromatic rings. The lowest BCUT2D eigenvalue weighted by Gasteiger charge is -2.26. The average molecular weight is 719 g/mol. The predicted octanol–water partition coefficient (Wildman–Crippen LogP) is 14.9. The number of aromatic nitrogens is 1. The van der Waals surface area contributed by atoms with E-state index >= 15 is 0 Å². The third kappa shape index (κ3) is 6.14. The number of fused-ring (bicyclic) bond motifs is 3. The van der Waals surface area contributed by atoms with E-state index in [4.69, 9.17) is 0 Å². The normalized spacial score (nSPS) is 12.2. The Labute approximate surface area is 333 Å². The van der Waals surface area contributed by atoms with Crippen LogP contribution in [0.25, 0.3) is 72.0 Å². The molecule has 2 nitrogen and oxygen atoms in total. The Bertz CT molecular complexity index is 3150. The average Bonchev–Trinajstić information content (AvgIpc) is 3.64. The van der Waals surface area contributed by atoms with E-state index < -0.39 is 0 Å². The maximum Gasteiger partial charge on any atom is 0.0645 e. The molecule has 0 aliphatic carbocycles. The molecule has 0 bridgehead atoms. The second-order valence-electron chi connectivity index (χ2n) is 13.9. The van der Waals surface area contributed by atoms with Gasteiger partial charge in [-0.25, -0.2) is 0 Å². The highest BCUT2D eigenvalue weighted by Crippen LogP contribution is 2.40. The number of hydrogen-bond acceptors (Lipinski definition) is 1. The lowest BCUT2D eigenvalue weighted by Crippen LogP contribution is -2.10. The first-order valence-electron chi connectivity index (χ1n) is 20.9. The molecule has 0 fully saturated rings. The summed E-state index contributed by atoms with van der Waals surface area (Å²) < 4.78 is 40.7. The number of anilines is 3. The molecule has 1 heterocycles. The highest BCUT2D eigenvalue weighted by Gasteiger charge is 2.18. The summed E-state index contributed by atoms with van der Waals surface area (Å²) in [5, 5.41) is 2.00. The highest BCUT2D eigenvalue weighted by atomic mass is 15.1. The van der Waals surface area contributed by atoms with Gasteiger partial charge in [0.25, 0.3) is 0 Å². The molecule has 0 saturated heterocycles. The first-order valence-corrected chi connectivity index (χ1v) is 18.9. The Kier molecular flexibility index (Phi) is 7.47. The summed E-state index contributed by atoms with van der Waals surface area (Å²) in [5.74, 6) is 0. The fourth-order valence-corrected chi connectivity index (χ4v) is 7.78. The van der Waals surface area contributed by atoms with Crippen molar-refractivity contribution in [2.75, 3.05) is 4.90 Å². The number of rotatable bonds is 8. The summed E-state index contributed by atoms with van der Waals surface area (Å²) in [7, 11) is 0. The van der Waals surface area contributed by atoms with Crippen LogP contribution in [0, 0.1) is 0 Å². The summed E-state index contributed by atoms with van der Waals surface area (Å²) in [6.07, 6.45) is 0. The topological polar surface area (TPSA) is 8.17 Å². The second-order valence-corrected chi connectivity index (χ2v) is 13.9. The number of benzene rings is 9. The number of para-hydroxylation sites is 2. The Balaban J connectivity index is 1.14. The Hall–Kier alpha value is -7.42. The molecule has 0 aliphatic rings. The van der Waals surface area contributed by atoms with Crippen LogP contribution in [-0.2, 0) is 0 Å². The maximum atomic E-state index is 9.63. The van der Waals surface area contributed by atoms with Gasteiger partial charge in [-0.3, -0.25) is 0 Å². The van der Waals surface area contributed by atoms with Crippen molar-refractivity contribution in [2.24, 2.45) is 0 Å². The second kappa shape index (κ2) is 14.4. The zero-order chi connectivity index (χ0) is 40.7. The van der Waals surface area contributed by atoms with Gasteiger partial charge in [0.05, 0.1) is 22.2 Å². The van der Waals surface area contributed by atoms with Crippen molar-refractivity contribution in [3.8, 4) is 50.2 Å². The molecule has 10 rings (SSSR count). The zero-order valence-electron chi connectivity index (χ0n) is 34.5. The first kappa shape index (κ1) is 29.0. The van der Waals surface area contributed by atoms with E-state index in [-0.39, 0.29) is 35.4 Å². The minimum absolute atomic E-state index is 0.103. The Morgan fingerprint density at radius 1 is 0.321 bits per heavy atom. The van der Waals surface area contributed by atoms with Gasteiger partial charge in [-0.2, -0.15) is 0 Å². The van der Waals surface area contributed by atoms with Gasteiger partial charge in [0, 0.05) is 33.4 Å². The highest BCUT2D eigenvalue weighted by molar-refractivity contribution is 6.11. The predicted molar refractivity (Wildman–Crippen MR) is 237 cm³/mol. The van der Waals surface area contributed by atoms with E-state index in [9.17, 15) is 5.48 Å². The molecule has 0 unspecified atom stereocenters. The lowest BCUT2D eigenvalue weighted by atomic mass is 10.0. The molecule has 0 atom stereocenters. The Morgan fingerprint density at radius 2 is 0.857 bits per heavy atom. The molecule has 0 saturated carbocycles. The molecule has 0 aliphatic heterocycles. The summed E-state index contributed by atoms with van der Waals surface area (Å²) in [6.45, 7) is 0. The lowest BCUT2D eigenvalue weighted by molar-refractivity contribution is 1.18. The van der Waals surface area contributed by atoms with E-state index in [1.54, 1.807) is 0 Å². The number of nitrogens with zero attached hydrogens (tertiary/aromatic N) is 2. The molecular weight excluding hydrogens is 677 g/mol. The summed E-state index contributed by atoms with van der Waals surface area (Å²) in [4.78, 5) is 1.85. The molecule has 0 radical (unpaired) electrons. The maximum absolute atomic E-state index is 9.63. The monoisotopic (exact) mass is 718 g/mol.